The molecule has 1 aliphatic rings. The minimum Gasteiger partial charge on any atom is -0.495 e. The van der Waals surface area contributed by atoms with Gasteiger partial charge >= 0.3 is 0 Å². The van der Waals surface area contributed by atoms with Crippen molar-refractivity contribution in [3.63, 3.8) is 0 Å². The fourth-order valence-electron chi connectivity index (χ4n) is 3.90. The Bertz CT molecular complexity index is 1100. The Morgan fingerprint density at radius 3 is 2.67 bits per heavy atom. The molecule has 0 amide bonds. The molecular weight excluding hydrogens is 360 g/mol. The molecule has 2 heterocycles. The number of methoxy groups -OCH3 is 1. The SMILES string of the molecule is COc1cc(C)c(C)cc1S(=O)(=O)N1CCC(c2c[nH]c3ccccc23)C1. The molecule has 1 aliphatic heterocycles. The number of sulfonamides is 1. The number of para-hydroxylation sites is 1. The van der Waals surface area contributed by atoms with E-state index >= 15 is 0 Å². The van der Waals surface area contributed by atoms with Crippen molar-refractivity contribution in [2.45, 2.75) is 31.1 Å². The second kappa shape index (κ2) is 6.69. The molecule has 1 saturated heterocycles. The van der Waals surface area contributed by atoms with Crippen LogP contribution in [-0.2, 0) is 10.0 Å². The first-order valence-electron chi connectivity index (χ1n) is 9.13. The average molecular weight is 385 g/mol. The molecule has 6 heteroatoms. The van der Waals surface area contributed by atoms with Crippen molar-refractivity contribution in [1.82, 2.24) is 9.29 Å². The smallest absolute Gasteiger partial charge is 0.246 e. The normalized spacial score (nSPS) is 18.3. The summed E-state index contributed by atoms with van der Waals surface area (Å²) in [5.74, 6) is 0.599. The van der Waals surface area contributed by atoms with Crippen molar-refractivity contribution >= 4 is 20.9 Å². The first kappa shape index (κ1) is 18.1. The Hall–Kier alpha value is -2.31. The van der Waals surface area contributed by atoms with Gasteiger partial charge in [0.05, 0.1) is 7.11 Å². The molecule has 0 radical (unpaired) electrons. The molecule has 142 valence electrons. The van der Waals surface area contributed by atoms with Crippen LogP contribution in [-0.4, -0.2) is 37.9 Å². The highest BCUT2D eigenvalue weighted by molar-refractivity contribution is 7.89. The molecule has 0 saturated carbocycles. The summed E-state index contributed by atoms with van der Waals surface area (Å²) in [7, 11) is -2.08. The summed E-state index contributed by atoms with van der Waals surface area (Å²) in [6, 6.07) is 11.7. The summed E-state index contributed by atoms with van der Waals surface area (Å²) >= 11 is 0. The van der Waals surface area contributed by atoms with E-state index in [-0.39, 0.29) is 10.8 Å². The summed E-state index contributed by atoms with van der Waals surface area (Å²) in [5.41, 5.74) is 4.24. The molecule has 0 aliphatic carbocycles. The number of benzene rings is 2. The highest BCUT2D eigenvalue weighted by atomic mass is 32.2. The number of rotatable bonds is 4. The molecule has 1 unspecified atom stereocenters. The molecule has 1 fully saturated rings. The first-order chi connectivity index (χ1) is 12.9. The lowest BCUT2D eigenvalue weighted by molar-refractivity contribution is 0.397. The summed E-state index contributed by atoms with van der Waals surface area (Å²) in [5, 5.41) is 1.17. The lowest BCUT2D eigenvalue weighted by Gasteiger charge is -2.19. The number of nitrogens with zero attached hydrogens (tertiary/aromatic N) is 1. The third-order valence-electron chi connectivity index (χ3n) is 5.61. The zero-order valence-electron chi connectivity index (χ0n) is 15.8. The summed E-state index contributed by atoms with van der Waals surface area (Å²) in [6.45, 7) is 4.88. The number of H-pyrrole nitrogens is 1. The molecule has 0 bridgehead atoms. The Labute approximate surface area is 160 Å². The van der Waals surface area contributed by atoms with Crippen LogP contribution in [0.4, 0.5) is 0 Å². The van der Waals surface area contributed by atoms with Crippen molar-refractivity contribution in [1.29, 1.82) is 0 Å². The van der Waals surface area contributed by atoms with Gasteiger partial charge in [-0.05, 0) is 55.2 Å². The van der Waals surface area contributed by atoms with Crippen molar-refractivity contribution in [3.05, 3.63) is 59.3 Å². The van der Waals surface area contributed by atoms with Gasteiger partial charge in [-0.1, -0.05) is 18.2 Å². The second-order valence-electron chi connectivity index (χ2n) is 7.23. The summed E-state index contributed by atoms with van der Waals surface area (Å²) in [6.07, 6.45) is 2.83. The number of fused-ring (bicyclic) bond motifs is 1. The van der Waals surface area contributed by atoms with Crippen molar-refractivity contribution < 1.29 is 13.2 Å². The van der Waals surface area contributed by atoms with Crippen molar-refractivity contribution in [2.75, 3.05) is 20.2 Å². The van der Waals surface area contributed by atoms with Gasteiger partial charge in [-0.15, -0.1) is 0 Å². The van der Waals surface area contributed by atoms with Crippen LogP contribution in [0.25, 0.3) is 10.9 Å². The van der Waals surface area contributed by atoms with Gasteiger partial charge in [0.25, 0.3) is 0 Å². The molecule has 1 N–H and O–H groups in total. The summed E-state index contributed by atoms with van der Waals surface area (Å²) in [4.78, 5) is 3.55. The lowest BCUT2D eigenvalue weighted by atomic mass is 9.98. The molecule has 27 heavy (non-hydrogen) atoms. The third-order valence-corrected chi connectivity index (χ3v) is 7.50. The van der Waals surface area contributed by atoms with Gasteiger partial charge in [0.1, 0.15) is 10.6 Å². The molecule has 1 aromatic heterocycles. The fraction of sp³-hybridized carbons (Fsp3) is 0.333. The van der Waals surface area contributed by atoms with Gasteiger partial charge < -0.3 is 9.72 Å². The van der Waals surface area contributed by atoms with Gasteiger partial charge in [-0.3, -0.25) is 0 Å². The molecule has 3 aromatic rings. The summed E-state index contributed by atoms with van der Waals surface area (Å²) < 4.78 is 33.6. The third kappa shape index (κ3) is 3.03. The predicted molar refractivity (Wildman–Crippen MR) is 107 cm³/mol. The van der Waals surface area contributed by atoms with Crippen molar-refractivity contribution in [3.8, 4) is 5.75 Å². The monoisotopic (exact) mass is 384 g/mol. The van der Waals surface area contributed by atoms with E-state index in [1.54, 1.807) is 16.4 Å². The van der Waals surface area contributed by atoms with Crippen LogP contribution < -0.4 is 4.74 Å². The van der Waals surface area contributed by atoms with E-state index in [4.69, 9.17) is 4.74 Å². The van der Waals surface area contributed by atoms with Crippen molar-refractivity contribution in [2.24, 2.45) is 0 Å². The van der Waals surface area contributed by atoms with Gasteiger partial charge in [-0.25, -0.2) is 8.42 Å². The molecule has 5 nitrogen and oxygen atoms in total. The molecule has 4 rings (SSSR count). The maximum absolute atomic E-state index is 13.3. The van der Waals surface area contributed by atoms with Gasteiger partial charge in [0.2, 0.25) is 10.0 Å². The fourth-order valence-corrected chi connectivity index (χ4v) is 5.62. The molecule has 1 atom stereocenters. The highest BCUT2D eigenvalue weighted by Gasteiger charge is 2.35. The Morgan fingerprint density at radius 2 is 1.89 bits per heavy atom. The molecule has 0 spiro atoms. The first-order valence-corrected chi connectivity index (χ1v) is 10.6. The number of aromatic amines is 1. The van der Waals surface area contributed by atoms with Gasteiger partial charge in [-0.2, -0.15) is 4.31 Å². The average Bonchev–Trinajstić information content (AvgIpc) is 3.30. The zero-order valence-corrected chi connectivity index (χ0v) is 16.6. The van der Waals surface area contributed by atoms with E-state index in [1.165, 1.54) is 18.1 Å². The van der Waals surface area contributed by atoms with Crippen LogP contribution >= 0.6 is 0 Å². The quantitative estimate of drug-likeness (QED) is 0.740. The lowest BCUT2D eigenvalue weighted by Crippen LogP contribution is -2.29. The van der Waals surface area contributed by atoms with Crippen LogP contribution in [0, 0.1) is 13.8 Å². The van der Waals surface area contributed by atoms with Crippen LogP contribution in [0.1, 0.15) is 29.0 Å². The maximum atomic E-state index is 13.3. The number of hydrogen-bond acceptors (Lipinski definition) is 3. The minimum atomic E-state index is -3.60. The number of nitrogens with one attached hydrogen (secondary N) is 1. The van der Waals surface area contributed by atoms with Crippen LogP contribution in [0.2, 0.25) is 0 Å². The Kier molecular flexibility index (Phi) is 4.48. The Balaban J connectivity index is 1.66. The second-order valence-corrected chi connectivity index (χ2v) is 9.13. The zero-order chi connectivity index (χ0) is 19.2. The van der Waals surface area contributed by atoms with E-state index in [1.807, 2.05) is 38.2 Å². The van der Waals surface area contributed by atoms with E-state index in [0.29, 0.717) is 18.8 Å². The number of aryl methyl sites for hydroxylation is 2. The maximum Gasteiger partial charge on any atom is 0.246 e. The standard InChI is InChI=1S/C21H24N2O3S/c1-14-10-20(26-3)21(11-15(14)2)27(24,25)23-9-8-16(13-23)18-12-22-19-7-5-4-6-17(18)19/h4-7,10-12,16,22H,8-9,13H2,1-3H3. The van der Waals surface area contributed by atoms with Gasteiger partial charge in [0, 0.05) is 36.1 Å². The van der Waals surface area contributed by atoms with Crippen LogP contribution in [0.3, 0.4) is 0 Å². The van der Waals surface area contributed by atoms with E-state index in [0.717, 1.165) is 23.1 Å². The number of aromatic nitrogens is 1. The topological polar surface area (TPSA) is 62.4 Å². The number of hydrogen-bond donors (Lipinski definition) is 1. The Morgan fingerprint density at radius 1 is 1.15 bits per heavy atom. The van der Waals surface area contributed by atoms with Gasteiger partial charge in [0.15, 0.2) is 0 Å². The predicted octanol–water partition coefficient (Wildman–Crippen LogP) is 3.97. The van der Waals surface area contributed by atoms with E-state index in [2.05, 4.69) is 11.1 Å². The van der Waals surface area contributed by atoms with Crippen LogP contribution in [0.5, 0.6) is 5.75 Å². The van der Waals surface area contributed by atoms with E-state index in [9.17, 15) is 8.42 Å². The molecular formula is C21H24N2O3S. The largest absolute Gasteiger partial charge is 0.495 e. The van der Waals surface area contributed by atoms with Crippen LogP contribution in [0.15, 0.2) is 47.5 Å². The highest BCUT2D eigenvalue weighted by Crippen LogP contribution is 2.37. The minimum absolute atomic E-state index is 0.188. The number of ether oxygens (including phenoxy) is 1. The van der Waals surface area contributed by atoms with E-state index < -0.39 is 10.0 Å². The molecule has 2 aromatic carbocycles.